The summed E-state index contributed by atoms with van der Waals surface area (Å²) in [6, 6.07) is 9.18. The third-order valence-corrected chi connectivity index (χ3v) is 5.95. The van der Waals surface area contributed by atoms with Gasteiger partial charge in [-0.05, 0) is 18.6 Å². The molecule has 0 spiro atoms. The largest absolute Gasteiger partial charge is 0.484 e. The monoisotopic (exact) mass is 445 g/mol. The number of ether oxygens (including phenoxy) is 2. The molecule has 1 aromatic rings. The van der Waals surface area contributed by atoms with Crippen LogP contribution in [-0.2, 0) is 4.74 Å². The van der Waals surface area contributed by atoms with Crippen molar-refractivity contribution in [3.8, 4) is 11.8 Å². The lowest BCUT2D eigenvalue weighted by Crippen LogP contribution is -2.27. The number of aliphatic hydroxyl groups excluding tert-OH is 1. The van der Waals surface area contributed by atoms with Gasteiger partial charge in [0, 0.05) is 6.61 Å². The van der Waals surface area contributed by atoms with Crippen molar-refractivity contribution in [1.82, 2.24) is 0 Å². The van der Waals surface area contributed by atoms with Crippen LogP contribution in [0, 0.1) is 11.3 Å². The lowest BCUT2D eigenvalue weighted by Gasteiger charge is -2.17. The first kappa shape index (κ1) is 28.5. The molecule has 0 bridgehead atoms. The van der Waals surface area contributed by atoms with E-state index >= 15 is 0 Å². The molecule has 1 rings (SSSR count). The second kappa shape index (κ2) is 21.3. The molecule has 182 valence electrons. The fourth-order valence-electron chi connectivity index (χ4n) is 3.93. The molecule has 4 heteroatoms. The van der Waals surface area contributed by atoms with Crippen molar-refractivity contribution in [1.29, 1.82) is 5.26 Å². The van der Waals surface area contributed by atoms with Crippen LogP contribution in [0.2, 0.25) is 0 Å². The molecule has 32 heavy (non-hydrogen) atoms. The van der Waals surface area contributed by atoms with E-state index in [0.717, 1.165) is 6.42 Å². The van der Waals surface area contributed by atoms with E-state index in [1.165, 1.54) is 96.3 Å². The van der Waals surface area contributed by atoms with Gasteiger partial charge in [0.2, 0.25) is 0 Å². The Balaban J connectivity index is 1.87. The molecule has 0 unspecified atom stereocenters. The molecule has 1 N–H and O–H groups in total. The molecule has 4 nitrogen and oxygen atoms in total. The number of benzene rings is 1. The minimum Gasteiger partial charge on any atom is -0.484 e. The number of unbranched alkanes of at least 4 members (excludes halogenated alkanes) is 15. The Morgan fingerprint density at radius 2 is 1.28 bits per heavy atom. The number of para-hydroxylation sites is 1. The Morgan fingerprint density at radius 1 is 0.781 bits per heavy atom. The standard InChI is InChI=1S/C28H47NO3/c1-2-3-4-5-6-7-8-9-10-11-12-13-14-15-16-19-22-31-25-27(24-30)32-28-21-18-17-20-26(28)23-29/h17-18,20-21,27,30H,2-16,19,22,24-25H2,1H3/t27-/m0/s1. The zero-order valence-corrected chi connectivity index (χ0v) is 20.5. The van der Waals surface area contributed by atoms with E-state index in [1.807, 2.05) is 6.07 Å². The number of nitrogens with zero attached hydrogens (tertiary/aromatic N) is 1. The van der Waals surface area contributed by atoms with Crippen LogP contribution in [0.15, 0.2) is 24.3 Å². The molecule has 0 aliphatic rings. The second-order valence-electron chi connectivity index (χ2n) is 8.91. The first-order valence-corrected chi connectivity index (χ1v) is 13.2. The summed E-state index contributed by atoms with van der Waals surface area (Å²) in [6.45, 7) is 3.19. The number of rotatable bonds is 22. The van der Waals surface area contributed by atoms with Crippen LogP contribution in [0.25, 0.3) is 0 Å². The average Bonchev–Trinajstić information content (AvgIpc) is 2.82. The maximum absolute atomic E-state index is 9.51. The lowest BCUT2D eigenvalue weighted by atomic mass is 10.0. The topological polar surface area (TPSA) is 62.5 Å². The fourth-order valence-corrected chi connectivity index (χ4v) is 3.93. The van der Waals surface area contributed by atoms with E-state index in [4.69, 9.17) is 14.7 Å². The quantitative estimate of drug-likeness (QED) is 0.187. The number of nitriles is 1. The van der Waals surface area contributed by atoms with Crippen molar-refractivity contribution in [2.45, 2.75) is 116 Å². The predicted molar refractivity (Wildman–Crippen MR) is 133 cm³/mol. The summed E-state index contributed by atoms with van der Waals surface area (Å²) in [5.41, 5.74) is 0.476. The maximum Gasteiger partial charge on any atom is 0.145 e. The van der Waals surface area contributed by atoms with Crippen LogP contribution in [0.4, 0.5) is 0 Å². The molecule has 0 aliphatic heterocycles. The third kappa shape index (κ3) is 15.3. The van der Waals surface area contributed by atoms with Gasteiger partial charge in [0.1, 0.15) is 17.9 Å². The molecule has 0 aliphatic carbocycles. The van der Waals surface area contributed by atoms with Gasteiger partial charge >= 0.3 is 0 Å². The molecule has 0 amide bonds. The van der Waals surface area contributed by atoms with Gasteiger partial charge in [-0.1, -0.05) is 115 Å². The van der Waals surface area contributed by atoms with Crippen LogP contribution in [0.3, 0.4) is 0 Å². The van der Waals surface area contributed by atoms with Crippen LogP contribution in [0.1, 0.15) is 115 Å². The predicted octanol–water partition coefficient (Wildman–Crippen LogP) is 7.58. The summed E-state index contributed by atoms with van der Waals surface area (Å²) >= 11 is 0. The smallest absolute Gasteiger partial charge is 0.145 e. The Morgan fingerprint density at radius 3 is 1.78 bits per heavy atom. The van der Waals surface area contributed by atoms with E-state index in [-0.39, 0.29) is 6.61 Å². The summed E-state index contributed by atoms with van der Waals surface area (Å²) < 4.78 is 11.4. The van der Waals surface area contributed by atoms with Crippen LogP contribution in [-0.4, -0.2) is 31.0 Å². The molecule has 0 aromatic heterocycles. The molecular formula is C28H47NO3. The Hall–Kier alpha value is -1.57. The molecule has 1 atom stereocenters. The van der Waals surface area contributed by atoms with Gasteiger partial charge in [0.25, 0.3) is 0 Å². The SMILES string of the molecule is CCCCCCCCCCCCCCCCCCOC[C@H](CO)Oc1ccccc1C#N. The summed E-state index contributed by atoms with van der Waals surface area (Å²) in [7, 11) is 0. The fraction of sp³-hybridized carbons (Fsp3) is 0.750. The highest BCUT2D eigenvalue weighted by Crippen LogP contribution is 2.18. The van der Waals surface area contributed by atoms with Gasteiger partial charge in [-0.3, -0.25) is 0 Å². The van der Waals surface area contributed by atoms with Gasteiger partial charge < -0.3 is 14.6 Å². The Bertz CT molecular complexity index is 584. The van der Waals surface area contributed by atoms with E-state index in [1.54, 1.807) is 18.2 Å². The zero-order chi connectivity index (χ0) is 23.1. The highest BCUT2D eigenvalue weighted by molar-refractivity contribution is 5.42. The second-order valence-corrected chi connectivity index (χ2v) is 8.91. The average molecular weight is 446 g/mol. The molecule has 1 aromatic carbocycles. The minimum absolute atomic E-state index is 0.126. The van der Waals surface area contributed by atoms with E-state index in [2.05, 4.69) is 13.0 Å². The third-order valence-electron chi connectivity index (χ3n) is 5.95. The van der Waals surface area contributed by atoms with E-state index < -0.39 is 6.10 Å². The first-order valence-electron chi connectivity index (χ1n) is 13.2. The summed E-state index contributed by atoms with van der Waals surface area (Å²) in [5, 5.41) is 18.6. The van der Waals surface area contributed by atoms with E-state index in [9.17, 15) is 5.11 Å². The van der Waals surface area contributed by atoms with Crippen molar-refractivity contribution in [3.05, 3.63) is 29.8 Å². The number of aliphatic hydroxyl groups is 1. The number of hydrogen-bond donors (Lipinski definition) is 1. The maximum atomic E-state index is 9.51. The van der Waals surface area contributed by atoms with Crippen molar-refractivity contribution < 1.29 is 14.6 Å². The molecular weight excluding hydrogens is 398 g/mol. The van der Waals surface area contributed by atoms with E-state index in [0.29, 0.717) is 24.5 Å². The molecule has 0 saturated heterocycles. The lowest BCUT2D eigenvalue weighted by molar-refractivity contribution is 0.0187. The van der Waals surface area contributed by atoms with Crippen molar-refractivity contribution in [2.24, 2.45) is 0 Å². The van der Waals surface area contributed by atoms with Crippen molar-refractivity contribution in [3.63, 3.8) is 0 Å². The molecule has 0 radical (unpaired) electrons. The van der Waals surface area contributed by atoms with Gasteiger partial charge in [-0.25, -0.2) is 0 Å². The van der Waals surface area contributed by atoms with Crippen LogP contribution in [0.5, 0.6) is 5.75 Å². The highest BCUT2D eigenvalue weighted by Gasteiger charge is 2.12. The summed E-state index contributed by atoms with van der Waals surface area (Å²) in [6.07, 6.45) is 21.3. The highest BCUT2D eigenvalue weighted by atomic mass is 16.5. The summed E-state index contributed by atoms with van der Waals surface area (Å²) in [4.78, 5) is 0. The zero-order valence-electron chi connectivity index (χ0n) is 20.5. The van der Waals surface area contributed by atoms with Crippen LogP contribution >= 0.6 is 0 Å². The van der Waals surface area contributed by atoms with Gasteiger partial charge in [0.05, 0.1) is 18.8 Å². The Labute approximate surface area is 197 Å². The van der Waals surface area contributed by atoms with Gasteiger partial charge in [-0.2, -0.15) is 5.26 Å². The van der Waals surface area contributed by atoms with Crippen molar-refractivity contribution >= 4 is 0 Å². The van der Waals surface area contributed by atoms with Crippen molar-refractivity contribution in [2.75, 3.05) is 19.8 Å². The summed E-state index contributed by atoms with van der Waals surface area (Å²) in [5.74, 6) is 0.500. The first-order chi connectivity index (χ1) is 15.8. The molecule has 0 heterocycles. The minimum atomic E-state index is -0.439. The van der Waals surface area contributed by atoms with Gasteiger partial charge in [0.15, 0.2) is 0 Å². The van der Waals surface area contributed by atoms with Gasteiger partial charge in [-0.15, -0.1) is 0 Å². The number of hydrogen-bond acceptors (Lipinski definition) is 4. The normalized spacial score (nSPS) is 11.9. The molecule has 0 saturated carbocycles. The molecule has 0 fully saturated rings. The van der Waals surface area contributed by atoms with Crippen LogP contribution < -0.4 is 4.74 Å². The Kier molecular flexibility index (Phi) is 18.9.